The molecule has 1 N–H and O–H groups in total. The molecular formula is C9H16N2O. The first kappa shape index (κ1) is 9.26. The van der Waals surface area contributed by atoms with Gasteiger partial charge in [-0.25, -0.2) is 0 Å². The van der Waals surface area contributed by atoms with E-state index in [0.717, 1.165) is 24.2 Å². The van der Waals surface area contributed by atoms with Crippen molar-refractivity contribution >= 4 is 0 Å². The minimum absolute atomic E-state index is 0.0952. The van der Waals surface area contributed by atoms with Crippen molar-refractivity contribution in [1.82, 2.24) is 9.78 Å². The average molecular weight is 168 g/mol. The summed E-state index contributed by atoms with van der Waals surface area (Å²) in [6.45, 7) is 5.13. The first-order valence-electron chi connectivity index (χ1n) is 4.41. The van der Waals surface area contributed by atoms with Crippen molar-refractivity contribution in [3.05, 3.63) is 17.5 Å². The molecule has 0 aromatic carbocycles. The van der Waals surface area contributed by atoms with E-state index < -0.39 is 0 Å². The number of hydrogen-bond donors (Lipinski definition) is 1. The molecule has 0 amide bonds. The summed E-state index contributed by atoms with van der Waals surface area (Å²) >= 11 is 0. The van der Waals surface area contributed by atoms with Crippen molar-refractivity contribution in [2.24, 2.45) is 0 Å². The molecule has 0 unspecified atom stereocenters. The van der Waals surface area contributed by atoms with E-state index in [9.17, 15) is 0 Å². The van der Waals surface area contributed by atoms with Crippen LogP contribution in [0.2, 0.25) is 0 Å². The van der Waals surface area contributed by atoms with Crippen LogP contribution in [-0.2, 0) is 13.2 Å². The van der Waals surface area contributed by atoms with E-state index in [-0.39, 0.29) is 6.61 Å². The topological polar surface area (TPSA) is 38.0 Å². The van der Waals surface area contributed by atoms with Gasteiger partial charge in [0.15, 0.2) is 0 Å². The molecule has 1 aromatic heterocycles. The Labute approximate surface area is 73.0 Å². The second kappa shape index (κ2) is 4.26. The molecule has 0 fully saturated rings. The fourth-order valence-electron chi connectivity index (χ4n) is 1.15. The highest BCUT2D eigenvalue weighted by Crippen LogP contribution is 2.05. The fourth-order valence-corrected chi connectivity index (χ4v) is 1.15. The number of aliphatic hydroxyl groups is 1. The van der Waals surface area contributed by atoms with Crippen molar-refractivity contribution in [2.75, 3.05) is 0 Å². The number of aryl methyl sites for hydroxylation is 2. The molecule has 0 saturated carbocycles. The summed E-state index contributed by atoms with van der Waals surface area (Å²) < 4.78 is 1.91. The number of aromatic nitrogens is 2. The molecule has 1 heterocycles. The Morgan fingerprint density at radius 3 is 2.83 bits per heavy atom. The molecule has 3 heteroatoms. The molecule has 0 bridgehead atoms. The third-order valence-electron chi connectivity index (χ3n) is 1.96. The van der Waals surface area contributed by atoms with E-state index in [4.69, 9.17) is 5.11 Å². The molecule has 0 radical (unpaired) electrons. The van der Waals surface area contributed by atoms with Gasteiger partial charge in [-0.2, -0.15) is 5.10 Å². The molecule has 1 aromatic rings. The first-order valence-corrected chi connectivity index (χ1v) is 4.41. The maximum atomic E-state index is 8.90. The molecule has 0 aliphatic heterocycles. The number of unbranched alkanes of at least 4 members (excludes halogenated alkanes) is 1. The average Bonchev–Trinajstić information content (AvgIpc) is 2.43. The Morgan fingerprint density at radius 1 is 1.58 bits per heavy atom. The minimum atomic E-state index is 0.0952. The van der Waals surface area contributed by atoms with Crippen molar-refractivity contribution in [1.29, 1.82) is 0 Å². The Balaban J connectivity index is 2.62. The maximum absolute atomic E-state index is 8.90. The van der Waals surface area contributed by atoms with Gasteiger partial charge in [0.05, 0.1) is 12.3 Å². The normalized spacial score (nSPS) is 10.6. The van der Waals surface area contributed by atoms with Crippen LogP contribution in [0.4, 0.5) is 0 Å². The predicted octanol–water partition coefficient (Wildman–Crippen LogP) is 1.48. The van der Waals surface area contributed by atoms with Gasteiger partial charge < -0.3 is 5.11 Å². The summed E-state index contributed by atoms with van der Waals surface area (Å²) in [6, 6.07) is 0. The molecule has 0 spiro atoms. The van der Waals surface area contributed by atoms with Crippen LogP contribution < -0.4 is 0 Å². The van der Waals surface area contributed by atoms with Gasteiger partial charge >= 0.3 is 0 Å². The van der Waals surface area contributed by atoms with E-state index >= 15 is 0 Å². The van der Waals surface area contributed by atoms with Gasteiger partial charge in [0.2, 0.25) is 0 Å². The van der Waals surface area contributed by atoms with E-state index in [1.54, 1.807) is 0 Å². The van der Waals surface area contributed by atoms with Crippen LogP contribution in [0.15, 0.2) is 6.20 Å². The Morgan fingerprint density at radius 2 is 2.33 bits per heavy atom. The Bertz CT molecular complexity index is 243. The monoisotopic (exact) mass is 168 g/mol. The quantitative estimate of drug-likeness (QED) is 0.739. The number of nitrogens with zero attached hydrogens (tertiary/aromatic N) is 2. The zero-order valence-corrected chi connectivity index (χ0v) is 7.75. The van der Waals surface area contributed by atoms with E-state index in [1.165, 1.54) is 6.42 Å². The lowest BCUT2D eigenvalue weighted by molar-refractivity contribution is 0.281. The summed E-state index contributed by atoms with van der Waals surface area (Å²) in [5, 5.41) is 13.2. The van der Waals surface area contributed by atoms with Crippen molar-refractivity contribution in [3.63, 3.8) is 0 Å². The molecule has 0 saturated heterocycles. The SMILES string of the molecule is CCCCn1cc(CO)c(C)n1. The zero-order valence-electron chi connectivity index (χ0n) is 7.75. The molecule has 1 rings (SSSR count). The van der Waals surface area contributed by atoms with Gasteiger partial charge in [-0.05, 0) is 13.3 Å². The highest BCUT2D eigenvalue weighted by atomic mass is 16.3. The van der Waals surface area contributed by atoms with Gasteiger partial charge in [0, 0.05) is 18.3 Å². The summed E-state index contributed by atoms with van der Waals surface area (Å²) in [7, 11) is 0. The smallest absolute Gasteiger partial charge is 0.0715 e. The molecule has 0 aliphatic rings. The van der Waals surface area contributed by atoms with Crippen LogP contribution >= 0.6 is 0 Å². The van der Waals surface area contributed by atoms with Crippen LogP contribution in [-0.4, -0.2) is 14.9 Å². The second-order valence-electron chi connectivity index (χ2n) is 3.01. The third-order valence-corrected chi connectivity index (χ3v) is 1.96. The zero-order chi connectivity index (χ0) is 8.97. The largest absolute Gasteiger partial charge is 0.392 e. The van der Waals surface area contributed by atoms with E-state index in [0.29, 0.717) is 0 Å². The van der Waals surface area contributed by atoms with Crippen molar-refractivity contribution < 1.29 is 5.11 Å². The van der Waals surface area contributed by atoms with Crippen molar-refractivity contribution in [3.8, 4) is 0 Å². The van der Waals surface area contributed by atoms with Crippen LogP contribution in [0.1, 0.15) is 31.0 Å². The van der Waals surface area contributed by atoms with Gasteiger partial charge in [-0.3, -0.25) is 4.68 Å². The van der Waals surface area contributed by atoms with E-state index in [2.05, 4.69) is 12.0 Å². The van der Waals surface area contributed by atoms with Crippen LogP contribution in [0.25, 0.3) is 0 Å². The molecule has 68 valence electrons. The number of hydrogen-bond acceptors (Lipinski definition) is 2. The summed E-state index contributed by atoms with van der Waals surface area (Å²) in [5.41, 5.74) is 1.87. The lowest BCUT2D eigenvalue weighted by Gasteiger charge is -1.96. The molecule has 12 heavy (non-hydrogen) atoms. The predicted molar refractivity (Wildman–Crippen MR) is 47.8 cm³/mol. The standard InChI is InChI=1S/C9H16N2O/c1-3-4-5-11-6-9(7-12)8(2)10-11/h6,12H,3-5,7H2,1-2H3. The van der Waals surface area contributed by atoms with E-state index in [1.807, 2.05) is 17.8 Å². The molecular weight excluding hydrogens is 152 g/mol. The maximum Gasteiger partial charge on any atom is 0.0715 e. The van der Waals surface area contributed by atoms with Gasteiger partial charge in [0.25, 0.3) is 0 Å². The van der Waals surface area contributed by atoms with Gasteiger partial charge in [0.1, 0.15) is 0 Å². The Kier molecular flexibility index (Phi) is 3.29. The van der Waals surface area contributed by atoms with Gasteiger partial charge in [-0.1, -0.05) is 13.3 Å². The van der Waals surface area contributed by atoms with Crippen LogP contribution in [0.3, 0.4) is 0 Å². The van der Waals surface area contributed by atoms with Crippen molar-refractivity contribution in [2.45, 2.75) is 39.8 Å². The number of aliphatic hydroxyl groups excluding tert-OH is 1. The van der Waals surface area contributed by atoms with Crippen LogP contribution in [0, 0.1) is 6.92 Å². The second-order valence-corrected chi connectivity index (χ2v) is 3.01. The summed E-state index contributed by atoms with van der Waals surface area (Å²) in [5.74, 6) is 0. The minimum Gasteiger partial charge on any atom is -0.392 e. The number of rotatable bonds is 4. The fraction of sp³-hybridized carbons (Fsp3) is 0.667. The molecule has 3 nitrogen and oxygen atoms in total. The summed E-state index contributed by atoms with van der Waals surface area (Å²) in [4.78, 5) is 0. The first-order chi connectivity index (χ1) is 5.77. The highest BCUT2D eigenvalue weighted by molar-refractivity contribution is 5.13. The molecule has 0 aliphatic carbocycles. The summed E-state index contributed by atoms with van der Waals surface area (Å²) in [6.07, 6.45) is 4.24. The van der Waals surface area contributed by atoms with Crippen LogP contribution in [0.5, 0.6) is 0 Å². The molecule has 0 atom stereocenters. The van der Waals surface area contributed by atoms with Gasteiger partial charge in [-0.15, -0.1) is 0 Å². The lowest BCUT2D eigenvalue weighted by Crippen LogP contribution is -1.97. The lowest BCUT2D eigenvalue weighted by atomic mass is 10.3. The Hall–Kier alpha value is -0.830. The third kappa shape index (κ3) is 2.08. The highest BCUT2D eigenvalue weighted by Gasteiger charge is 2.01.